The lowest BCUT2D eigenvalue weighted by Crippen LogP contribution is -2.16. The third kappa shape index (κ3) is 5.53. The summed E-state index contributed by atoms with van der Waals surface area (Å²) in [6, 6.07) is 7.58. The average molecular weight is 315 g/mol. The van der Waals surface area contributed by atoms with Gasteiger partial charge in [-0.25, -0.2) is 9.78 Å². The summed E-state index contributed by atoms with van der Waals surface area (Å²) in [5, 5.41) is 3.42. The minimum absolute atomic E-state index is 0.248. The number of aromatic nitrogens is 2. The minimum atomic E-state index is -0.248. The van der Waals surface area contributed by atoms with Gasteiger partial charge in [0.25, 0.3) is 0 Å². The molecule has 23 heavy (non-hydrogen) atoms. The van der Waals surface area contributed by atoms with E-state index < -0.39 is 0 Å². The Morgan fingerprint density at radius 1 is 1.30 bits per heavy atom. The smallest absolute Gasteiger partial charge is 0.338 e. The van der Waals surface area contributed by atoms with Crippen molar-refractivity contribution in [1.82, 2.24) is 14.9 Å². The summed E-state index contributed by atoms with van der Waals surface area (Å²) in [5.74, 6) is 0.803. The number of imidazole rings is 1. The molecule has 1 heterocycles. The molecule has 2 aromatic rings. The van der Waals surface area contributed by atoms with Crippen molar-refractivity contribution in [3.8, 4) is 0 Å². The third-order valence-corrected chi connectivity index (χ3v) is 3.63. The fourth-order valence-electron chi connectivity index (χ4n) is 2.28. The molecule has 0 bridgehead atoms. The molecule has 0 atom stereocenters. The van der Waals surface area contributed by atoms with Crippen LogP contribution in [0.15, 0.2) is 36.7 Å². The lowest BCUT2D eigenvalue weighted by atomic mass is 10.1. The lowest BCUT2D eigenvalue weighted by molar-refractivity contribution is 0.0505. The highest BCUT2D eigenvalue weighted by molar-refractivity contribution is 5.89. The predicted molar refractivity (Wildman–Crippen MR) is 90.3 cm³/mol. The maximum absolute atomic E-state index is 11.7. The first-order valence-electron chi connectivity index (χ1n) is 8.15. The van der Waals surface area contributed by atoms with E-state index in [0.717, 1.165) is 43.9 Å². The number of carbonyl (C=O) groups is 1. The van der Waals surface area contributed by atoms with Crippen LogP contribution in [0.25, 0.3) is 0 Å². The molecule has 0 saturated carbocycles. The summed E-state index contributed by atoms with van der Waals surface area (Å²) in [5.41, 5.74) is 1.77. The molecule has 124 valence electrons. The molecule has 1 N–H and O–H groups in total. The Bertz CT molecular complexity index is 605. The van der Waals surface area contributed by atoms with E-state index in [4.69, 9.17) is 4.74 Å². The van der Waals surface area contributed by atoms with E-state index in [2.05, 4.69) is 14.9 Å². The van der Waals surface area contributed by atoms with Gasteiger partial charge < -0.3 is 14.6 Å². The van der Waals surface area contributed by atoms with Gasteiger partial charge >= 0.3 is 5.97 Å². The summed E-state index contributed by atoms with van der Waals surface area (Å²) < 4.78 is 7.26. The van der Waals surface area contributed by atoms with E-state index in [1.807, 2.05) is 50.5 Å². The van der Waals surface area contributed by atoms with Crippen LogP contribution in [0.3, 0.4) is 0 Å². The SMILES string of the molecule is CCCOC(=O)c1ccc(CNCCCn2ccnc2C)cc1. The zero-order valence-electron chi connectivity index (χ0n) is 13.9. The maximum Gasteiger partial charge on any atom is 0.338 e. The van der Waals surface area contributed by atoms with Crippen LogP contribution < -0.4 is 5.32 Å². The van der Waals surface area contributed by atoms with Crippen LogP contribution in [0.2, 0.25) is 0 Å². The third-order valence-electron chi connectivity index (χ3n) is 3.63. The highest BCUT2D eigenvalue weighted by Crippen LogP contribution is 2.06. The highest BCUT2D eigenvalue weighted by atomic mass is 16.5. The van der Waals surface area contributed by atoms with Gasteiger partial charge in [0, 0.05) is 25.5 Å². The largest absolute Gasteiger partial charge is 0.462 e. The first kappa shape index (κ1) is 17.2. The first-order valence-corrected chi connectivity index (χ1v) is 8.15. The van der Waals surface area contributed by atoms with Crippen molar-refractivity contribution in [1.29, 1.82) is 0 Å². The van der Waals surface area contributed by atoms with Crippen molar-refractivity contribution >= 4 is 5.97 Å². The van der Waals surface area contributed by atoms with Gasteiger partial charge in [0.15, 0.2) is 0 Å². The van der Waals surface area contributed by atoms with Gasteiger partial charge in [-0.2, -0.15) is 0 Å². The van der Waals surface area contributed by atoms with Crippen molar-refractivity contribution in [2.45, 2.75) is 39.8 Å². The molecule has 2 rings (SSSR count). The van der Waals surface area contributed by atoms with E-state index in [1.54, 1.807) is 0 Å². The molecule has 0 unspecified atom stereocenters. The van der Waals surface area contributed by atoms with Gasteiger partial charge in [0.05, 0.1) is 12.2 Å². The summed E-state index contributed by atoms with van der Waals surface area (Å²) in [4.78, 5) is 15.9. The fraction of sp³-hybridized carbons (Fsp3) is 0.444. The highest BCUT2D eigenvalue weighted by Gasteiger charge is 2.05. The van der Waals surface area contributed by atoms with Crippen molar-refractivity contribution in [3.05, 3.63) is 53.6 Å². The summed E-state index contributed by atoms with van der Waals surface area (Å²) >= 11 is 0. The van der Waals surface area contributed by atoms with E-state index in [9.17, 15) is 4.79 Å². The average Bonchev–Trinajstić information content (AvgIpc) is 2.98. The molecular weight excluding hydrogens is 290 g/mol. The predicted octanol–water partition coefficient (Wildman–Crippen LogP) is 2.94. The van der Waals surface area contributed by atoms with Crippen LogP contribution in [0.1, 0.15) is 41.5 Å². The van der Waals surface area contributed by atoms with E-state index in [1.165, 1.54) is 0 Å². The van der Waals surface area contributed by atoms with Gasteiger partial charge in [0.1, 0.15) is 5.82 Å². The Kier molecular flexibility index (Phi) is 6.81. The number of aryl methyl sites for hydroxylation is 2. The van der Waals surface area contributed by atoms with Crippen LogP contribution in [0.5, 0.6) is 0 Å². The molecular formula is C18H25N3O2. The van der Waals surface area contributed by atoms with Crippen molar-refractivity contribution in [2.75, 3.05) is 13.2 Å². The number of benzene rings is 1. The van der Waals surface area contributed by atoms with E-state index in [-0.39, 0.29) is 5.97 Å². The number of nitrogens with one attached hydrogen (secondary N) is 1. The molecule has 0 aliphatic rings. The van der Waals surface area contributed by atoms with Crippen LogP contribution in [-0.2, 0) is 17.8 Å². The second kappa shape index (κ2) is 9.10. The van der Waals surface area contributed by atoms with Gasteiger partial charge in [-0.05, 0) is 44.0 Å². The minimum Gasteiger partial charge on any atom is -0.462 e. The zero-order valence-corrected chi connectivity index (χ0v) is 13.9. The molecule has 0 spiro atoms. The number of ether oxygens (including phenoxy) is 1. The maximum atomic E-state index is 11.7. The standard InChI is InChI=1S/C18H25N3O2/c1-3-13-23-18(22)17-7-5-16(6-8-17)14-19-9-4-11-21-12-10-20-15(21)2/h5-8,10,12,19H,3-4,9,11,13-14H2,1-2H3. The topological polar surface area (TPSA) is 56.1 Å². The van der Waals surface area contributed by atoms with Gasteiger partial charge in [0.2, 0.25) is 0 Å². The normalized spacial score (nSPS) is 10.7. The van der Waals surface area contributed by atoms with Gasteiger partial charge in [-0.3, -0.25) is 0 Å². The Labute approximate surface area is 137 Å². The van der Waals surface area contributed by atoms with Crippen LogP contribution >= 0.6 is 0 Å². The van der Waals surface area contributed by atoms with Crippen LogP contribution in [0.4, 0.5) is 0 Å². The summed E-state index contributed by atoms with van der Waals surface area (Å²) in [6.45, 7) is 7.18. The molecule has 0 fully saturated rings. The summed E-state index contributed by atoms with van der Waals surface area (Å²) in [6.07, 6.45) is 5.73. The number of hydrogen-bond donors (Lipinski definition) is 1. The second-order valence-corrected chi connectivity index (χ2v) is 5.53. The molecule has 5 nitrogen and oxygen atoms in total. The molecule has 0 radical (unpaired) electrons. The first-order chi connectivity index (χ1) is 11.2. The molecule has 0 saturated heterocycles. The van der Waals surface area contributed by atoms with Crippen LogP contribution in [-0.4, -0.2) is 28.7 Å². The Balaban J connectivity index is 1.68. The van der Waals surface area contributed by atoms with Crippen molar-refractivity contribution < 1.29 is 9.53 Å². The number of carbonyl (C=O) groups excluding carboxylic acids is 1. The number of hydrogen-bond acceptors (Lipinski definition) is 4. The zero-order chi connectivity index (χ0) is 16.5. The number of rotatable bonds is 9. The molecule has 0 aliphatic carbocycles. The van der Waals surface area contributed by atoms with Gasteiger partial charge in [-0.15, -0.1) is 0 Å². The van der Waals surface area contributed by atoms with E-state index >= 15 is 0 Å². The lowest BCUT2D eigenvalue weighted by Gasteiger charge is -2.08. The Hall–Kier alpha value is -2.14. The quantitative estimate of drug-likeness (QED) is 0.571. The van der Waals surface area contributed by atoms with Crippen LogP contribution in [0, 0.1) is 6.92 Å². The summed E-state index contributed by atoms with van der Waals surface area (Å²) in [7, 11) is 0. The molecule has 5 heteroatoms. The Morgan fingerprint density at radius 3 is 2.74 bits per heavy atom. The molecule has 1 aromatic carbocycles. The van der Waals surface area contributed by atoms with Crippen molar-refractivity contribution in [3.63, 3.8) is 0 Å². The van der Waals surface area contributed by atoms with Gasteiger partial charge in [-0.1, -0.05) is 19.1 Å². The molecule has 1 aromatic heterocycles. The number of esters is 1. The Morgan fingerprint density at radius 2 is 2.09 bits per heavy atom. The van der Waals surface area contributed by atoms with E-state index in [0.29, 0.717) is 12.2 Å². The monoisotopic (exact) mass is 315 g/mol. The second-order valence-electron chi connectivity index (χ2n) is 5.53. The molecule has 0 amide bonds. The fourth-order valence-corrected chi connectivity index (χ4v) is 2.28. The van der Waals surface area contributed by atoms with Crippen molar-refractivity contribution in [2.24, 2.45) is 0 Å². The number of nitrogens with zero attached hydrogens (tertiary/aromatic N) is 2. The molecule has 0 aliphatic heterocycles.